The Kier molecular flexibility index (Phi) is 57.1. The maximum absolute atomic E-state index is 11.0. The second-order valence-corrected chi connectivity index (χ2v) is 18.2. The number of nitrogens with zero attached hydrogens (tertiary/aromatic N) is 1. The minimum Gasteiger partial charge on any atom is -0.550 e. The van der Waals surface area contributed by atoms with E-state index in [9.17, 15) is 9.90 Å². The zero-order valence-corrected chi connectivity index (χ0v) is 42.5. The second kappa shape index (κ2) is 54.1. The molecule has 0 saturated carbocycles. The first kappa shape index (κ1) is 59.2. The van der Waals surface area contributed by atoms with Crippen molar-refractivity contribution in [2.75, 3.05) is 19.6 Å². The fourth-order valence-corrected chi connectivity index (χ4v) is 8.67. The monoisotopic (exact) mass is 814 g/mol. The molecule has 0 unspecified atom stereocenters. The molecule has 3 nitrogen and oxygen atoms in total. The summed E-state index contributed by atoms with van der Waals surface area (Å²) in [5.74, 6) is -0.895. The summed E-state index contributed by atoms with van der Waals surface area (Å²) in [6, 6.07) is 0. The molecule has 0 aliphatic rings. The normalized spacial score (nSPS) is 11.5. The maximum atomic E-state index is 11.0. The van der Waals surface area contributed by atoms with E-state index in [1.165, 1.54) is 283 Å². The van der Waals surface area contributed by atoms with Crippen LogP contribution in [-0.4, -0.2) is 30.5 Å². The van der Waals surface area contributed by atoms with Gasteiger partial charge in [-0.3, -0.25) is 0 Å². The quantitative estimate of drug-likeness (QED) is 0.0454. The number of hydrogen-bond donors (Lipinski definition) is 0. The maximum Gasteiger partial charge on any atom is 1.00 e. The van der Waals surface area contributed by atoms with Crippen molar-refractivity contribution in [1.29, 1.82) is 0 Å². The van der Waals surface area contributed by atoms with E-state index < -0.39 is 5.97 Å². The predicted octanol–water partition coefficient (Wildman–Crippen LogP) is 14.0. The number of carbonyl (C=O) groups is 1. The summed E-state index contributed by atoms with van der Waals surface area (Å²) < 4.78 is 0. The number of aliphatic carboxylic acids is 1. The molecule has 4 heteroatoms. The molecule has 330 valence electrons. The average Bonchev–Trinajstić information content (AvgIpc) is 3.18. The summed E-state index contributed by atoms with van der Waals surface area (Å²) in [6.45, 7) is 7.82. The molecule has 56 heavy (non-hydrogen) atoms. The van der Waals surface area contributed by atoms with Crippen molar-refractivity contribution in [2.24, 2.45) is 0 Å². The van der Waals surface area contributed by atoms with E-state index >= 15 is 0 Å². The first-order valence-corrected chi connectivity index (χ1v) is 26.1. The van der Waals surface area contributed by atoms with Crippen molar-refractivity contribution >= 4 is 5.97 Å². The van der Waals surface area contributed by atoms with Gasteiger partial charge in [0.1, 0.15) is 0 Å². The van der Waals surface area contributed by atoms with E-state index in [1.54, 1.807) is 0 Å². The van der Waals surface area contributed by atoms with E-state index in [-0.39, 0.29) is 57.8 Å². The third-order valence-corrected chi connectivity index (χ3v) is 12.5. The minimum atomic E-state index is -0.895. The van der Waals surface area contributed by atoms with E-state index in [4.69, 9.17) is 0 Å². The summed E-state index contributed by atoms with van der Waals surface area (Å²) in [5, 5.41) is 11.0. The Bertz CT molecular complexity index is 654. The van der Waals surface area contributed by atoms with Gasteiger partial charge >= 0.3 is 51.4 Å². The van der Waals surface area contributed by atoms with Crippen molar-refractivity contribution in [3.8, 4) is 0 Å². The molecule has 0 atom stereocenters. The van der Waals surface area contributed by atoms with E-state index in [0.717, 1.165) is 26.1 Å². The molecule has 0 heterocycles. The number of rotatable bonds is 50. The summed E-state index contributed by atoms with van der Waals surface area (Å²) in [4.78, 5) is 13.5. The van der Waals surface area contributed by atoms with Gasteiger partial charge in [0.15, 0.2) is 0 Å². The van der Waals surface area contributed by atoms with Crippen LogP contribution in [0.2, 0.25) is 0 Å². The predicted molar refractivity (Wildman–Crippen MR) is 245 cm³/mol. The van der Waals surface area contributed by atoms with Gasteiger partial charge in [-0.1, -0.05) is 284 Å². The van der Waals surface area contributed by atoms with Gasteiger partial charge in [0.25, 0.3) is 0 Å². The standard InChI is InChI=1S/C52H105NO2.K/c1-3-5-7-9-11-13-15-17-19-21-23-25-27-29-31-33-35-37-39-41-43-45-49-53(51-47-48-52(54)55)50-46-44-42-40-38-36-34-32-30-28-26-24-22-20-18-16-14-12-10-8-6-4-2;/h3-51H2,1-2H3,(H,54,55);/q;+1/p-1. The van der Waals surface area contributed by atoms with E-state index in [1.807, 2.05) is 0 Å². The largest absolute Gasteiger partial charge is 1.00 e. The molecule has 0 radical (unpaired) electrons. The molecule has 0 rings (SSSR count). The SMILES string of the molecule is CCCCCCCCCCCCCCCCCCCCCCCCN(CCCCCCCCCCCCCCCCCCCCCCCC)CCCC(=O)[O-].[K+]. The number of unbranched alkanes of at least 4 members (excludes halogenated alkanes) is 42. The minimum absolute atomic E-state index is 0. The third kappa shape index (κ3) is 53.1. The zero-order valence-electron chi connectivity index (χ0n) is 39.4. The molecule has 0 aromatic rings. The Morgan fingerprint density at radius 3 is 0.625 bits per heavy atom. The van der Waals surface area contributed by atoms with Gasteiger partial charge in [-0.15, -0.1) is 0 Å². The summed E-state index contributed by atoms with van der Waals surface area (Å²) in [7, 11) is 0. The Labute approximate surface area is 397 Å². The molecule has 0 saturated heterocycles. The van der Waals surface area contributed by atoms with Gasteiger partial charge in [-0.2, -0.15) is 0 Å². The number of carboxylic acid groups (broad SMARTS) is 1. The summed E-state index contributed by atoms with van der Waals surface area (Å²) in [6.07, 6.45) is 63.7. The van der Waals surface area contributed by atoms with Crippen LogP contribution in [-0.2, 0) is 4.79 Å². The van der Waals surface area contributed by atoms with E-state index in [0.29, 0.717) is 0 Å². The van der Waals surface area contributed by atoms with Crippen molar-refractivity contribution in [3.63, 3.8) is 0 Å². The van der Waals surface area contributed by atoms with Gasteiger partial charge in [0, 0.05) is 5.97 Å². The Morgan fingerprint density at radius 1 is 0.286 bits per heavy atom. The Balaban J connectivity index is 0. The van der Waals surface area contributed by atoms with Crippen molar-refractivity contribution in [3.05, 3.63) is 0 Å². The molecule has 0 aliphatic carbocycles. The number of carbonyl (C=O) groups excluding carboxylic acids is 1. The van der Waals surface area contributed by atoms with Crippen LogP contribution < -0.4 is 56.5 Å². The third-order valence-electron chi connectivity index (χ3n) is 12.5. The van der Waals surface area contributed by atoms with Crippen LogP contribution in [0.25, 0.3) is 0 Å². The van der Waals surface area contributed by atoms with Gasteiger partial charge in [-0.25, -0.2) is 0 Å². The molecule has 0 fully saturated rings. The smallest absolute Gasteiger partial charge is 0.550 e. The molecule has 0 spiro atoms. The Morgan fingerprint density at radius 2 is 0.446 bits per heavy atom. The molecule has 0 bridgehead atoms. The number of hydrogen-bond acceptors (Lipinski definition) is 3. The molecule has 0 N–H and O–H groups in total. The van der Waals surface area contributed by atoms with Crippen molar-refractivity contribution in [2.45, 2.75) is 309 Å². The fraction of sp³-hybridized carbons (Fsp3) is 0.981. The summed E-state index contributed by atoms with van der Waals surface area (Å²) in [5.41, 5.74) is 0. The Hall–Kier alpha value is 1.07. The second-order valence-electron chi connectivity index (χ2n) is 18.2. The molecule has 0 aromatic carbocycles. The average molecular weight is 815 g/mol. The topological polar surface area (TPSA) is 43.4 Å². The van der Waals surface area contributed by atoms with Gasteiger partial charge in [-0.05, 0) is 45.3 Å². The summed E-state index contributed by atoms with van der Waals surface area (Å²) >= 11 is 0. The van der Waals surface area contributed by atoms with Crippen LogP contribution in [0.5, 0.6) is 0 Å². The number of carboxylic acids is 1. The zero-order chi connectivity index (χ0) is 39.8. The first-order valence-electron chi connectivity index (χ1n) is 26.1. The van der Waals surface area contributed by atoms with Crippen LogP contribution in [0, 0.1) is 0 Å². The fourth-order valence-electron chi connectivity index (χ4n) is 8.67. The van der Waals surface area contributed by atoms with E-state index in [2.05, 4.69) is 18.7 Å². The molecule has 0 amide bonds. The van der Waals surface area contributed by atoms with Crippen LogP contribution in [0.1, 0.15) is 309 Å². The molecule has 0 aromatic heterocycles. The molecular weight excluding hydrogens is 710 g/mol. The van der Waals surface area contributed by atoms with Gasteiger partial charge in [0.2, 0.25) is 0 Å². The van der Waals surface area contributed by atoms with Crippen LogP contribution in [0.4, 0.5) is 0 Å². The van der Waals surface area contributed by atoms with Gasteiger partial charge < -0.3 is 14.8 Å². The molecular formula is C52H104KNO2. The van der Waals surface area contributed by atoms with Crippen LogP contribution >= 0.6 is 0 Å². The van der Waals surface area contributed by atoms with Crippen LogP contribution in [0.3, 0.4) is 0 Å². The van der Waals surface area contributed by atoms with Gasteiger partial charge in [0.05, 0.1) is 0 Å². The molecule has 0 aliphatic heterocycles. The van der Waals surface area contributed by atoms with Crippen molar-refractivity contribution in [1.82, 2.24) is 4.90 Å². The first-order chi connectivity index (χ1) is 27.2. The van der Waals surface area contributed by atoms with Crippen molar-refractivity contribution < 1.29 is 61.3 Å². The van der Waals surface area contributed by atoms with Crippen LogP contribution in [0.15, 0.2) is 0 Å².